The minimum Gasteiger partial charge on any atom is -0.339 e. The average Bonchev–Trinajstić information content (AvgIpc) is 3.15. The van der Waals surface area contributed by atoms with Gasteiger partial charge in [0.25, 0.3) is 0 Å². The summed E-state index contributed by atoms with van der Waals surface area (Å²) in [6, 6.07) is 10.6. The van der Waals surface area contributed by atoms with Gasteiger partial charge in [-0.25, -0.2) is 0 Å². The molecule has 0 bridgehead atoms. The maximum atomic E-state index is 6.03. The van der Waals surface area contributed by atoms with Crippen LogP contribution < -0.4 is 5.73 Å². The van der Waals surface area contributed by atoms with E-state index in [1.54, 1.807) is 0 Å². The number of nitrogens with two attached hydrogens (primary N) is 1. The van der Waals surface area contributed by atoms with Crippen molar-refractivity contribution in [2.45, 2.75) is 50.5 Å². The Morgan fingerprint density at radius 3 is 2.70 bits per heavy atom. The van der Waals surface area contributed by atoms with Crippen LogP contribution in [0.1, 0.15) is 49.9 Å². The standard InChI is InChI=1S/C16H21N3O/c1-2-6-13(17)11-14-18-15(19-20-14)16(9-10-16)12-7-4-3-5-8-12/h3-5,7-8,13H,2,6,9-11,17H2,1H3. The largest absolute Gasteiger partial charge is 0.339 e. The Kier molecular flexibility index (Phi) is 3.57. The maximum Gasteiger partial charge on any atom is 0.228 e. The molecule has 20 heavy (non-hydrogen) atoms. The second-order valence-electron chi connectivity index (χ2n) is 5.71. The minimum absolute atomic E-state index is 0.0160. The first-order valence-corrected chi connectivity index (χ1v) is 7.39. The summed E-state index contributed by atoms with van der Waals surface area (Å²) in [7, 11) is 0. The van der Waals surface area contributed by atoms with Gasteiger partial charge in [-0.1, -0.05) is 48.8 Å². The third-order valence-corrected chi connectivity index (χ3v) is 4.07. The van der Waals surface area contributed by atoms with Gasteiger partial charge in [-0.15, -0.1) is 0 Å². The predicted molar refractivity (Wildman–Crippen MR) is 77.3 cm³/mol. The highest BCUT2D eigenvalue weighted by atomic mass is 16.5. The first-order valence-electron chi connectivity index (χ1n) is 7.39. The van der Waals surface area contributed by atoms with Crippen molar-refractivity contribution < 1.29 is 4.52 Å². The lowest BCUT2D eigenvalue weighted by molar-refractivity contribution is 0.359. The van der Waals surface area contributed by atoms with E-state index < -0.39 is 0 Å². The molecule has 3 rings (SSSR count). The van der Waals surface area contributed by atoms with Crippen molar-refractivity contribution in [2.24, 2.45) is 5.73 Å². The van der Waals surface area contributed by atoms with E-state index in [-0.39, 0.29) is 11.5 Å². The van der Waals surface area contributed by atoms with Crippen molar-refractivity contribution in [3.05, 3.63) is 47.6 Å². The Labute approximate surface area is 119 Å². The van der Waals surface area contributed by atoms with Crippen LogP contribution in [-0.2, 0) is 11.8 Å². The molecular formula is C16H21N3O. The first-order chi connectivity index (χ1) is 9.74. The van der Waals surface area contributed by atoms with Crippen molar-refractivity contribution in [1.82, 2.24) is 10.1 Å². The van der Waals surface area contributed by atoms with Crippen molar-refractivity contribution in [2.75, 3.05) is 0 Å². The first kappa shape index (κ1) is 13.3. The van der Waals surface area contributed by atoms with Crippen LogP contribution in [0.5, 0.6) is 0 Å². The summed E-state index contributed by atoms with van der Waals surface area (Å²) in [6.45, 7) is 2.13. The molecule has 4 nitrogen and oxygen atoms in total. The highest BCUT2D eigenvalue weighted by molar-refractivity contribution is 5.38. The summed E-state index contributed by atoms with van der Waals surface area (Å²) in [5.74, 6) is 1.49. The molecule has 1 aromatic carbocycles. The van der Waals surface area contributed by atoms with Crippen molar-refractivity contribution >= 4 is 0 Å². The Morgan fingerprint density at radius 2 is 2.05 bits per heavy atom. The fourth-order valence-corrected chi connectivity index (χ4v) is 2.75. The fraction of sp³-hybridized carbons (Fsp3) is 0.500. The van der Waals surface area contributed by atoms with E-state index in [9.17, 15) is 0 Å². The van der Waals surface area contributed by atoms with E-state index in [2.05, 4.69) is 41.3 Å². The molecule has 1 saturated carbocycles. The lowest BCUT2D eigenvalue weighted by atomic mass is 9.95. The maximum absolute atomic E-state index is 6.03. The molecule has 1 aliphatic carbocycles. The topological polar surface area (TPSA) is 64.9 Å². The van der Waals surface area contributed by atoms with E-state index in [0.29, 0.717) is 12.3 Å². The highest BCUT2D eigenvalue weighted by Gasteiger charge is 2.49. The molecule has 1 fully saturated rings. The molecule has 4 heteroatoms. The Morgan fingerprint density at radius 1 is 1.30 bits per heavy atom. The molecule has 1 unspecified atom stereocenters. The van der Waals surface area contributed by atoms with Crippen LogP contribution in [-0.4, -0.2) is 16.2 Å². The molecular weight excluding hydrogens is 250 g/mol. The van der Waals surface area contributed by atoms with Gasteiger partial charge in [-0.05, 0) is 24.8 Å². The average molecular weight is 271 g/mol. The number of benzene rings is 1. The number of nitrogens with zero attached hydrogens (tertiary/aromatic N) is 2. The molecule has 0 aliphatic heterocycles. The molecule has 2 aromatic rings. The predicted octanol–water partition coefficient (Wildman–Crippen LogP) is 2.82. The van der Waals surface area contributed by atoms with E-state index in [4.69, 9.17) is 10.3 Å². The molecule has 1 atom stereocenters. The zero-order valence-corrected chi connectivity index (χ0v) is 11.9. The van der Waals surface area contributed by atoms with E-state index >= 15 is 0 Å². The van der Waals surface area contributed by atoms with Crippen LogP contribution in [0.3, 0.4) is 0 Å². The van der Waals surface area contributed by atoms with Crippen LogP contribution in [0.2, 0.25) is 0 Å². The second kappa shape index (κ2) is 5.37. The molecule has 0 radical (unpaired) electrons. The smallest absolute Gasteiger partial charge is 0.228 e. The molecule has 1 heterocycles. The van der Waals surface area contributed by atoms with Crippen molar-refractivity contribution in [3.63, 3.8) is 0 Å². The molecule has 1 aromatic heterocycles. The van der Waals surface area contributed by atoms with Crippen molar-refractivity contribution in [3.8, 4) is 0 Å². The van der Waals surface area contributed by atoms with Gasteiger partial charge in [0.2, 0.25) is 5.89 Å². The summed E-state index contributed by atoms with van der Waals surface area (Å²) in [5.41, 5.74) is 7.30. The molecule has 0 saturated heterocycles. The Balaban J connectivity index is 1.77. The molecule has 1 aliphatic rings. The number of rotatable bonds is 6. The van der Waals surface area contributed by atoms with Crippen LogP contribution in [0.25, 0.3) is 0 Å². The van der Waals surface area contributed by atoms with E-state index in [1.165, 1.54) is 5.56 Å². The van der Waals surface area contributed by atoms with Gasteiger partial charge in [0, 0.05) is 12.5 Å². The van der Waals surface area contributed by atoms with E-state index in [0.717, 1.165) is 31.5 Å². The van der Waals surface area contributed by atoms with Crippen LogP contribution in [0, 0.1) is 0 Å². The lowest BCUT2D eigenvalue weighted by Gasteiger charge is -2.10. The van der Waals surface area contributed by atoms with Gasteiger partial charge >= 0.3 is 0 Å². The Bertz CT molecular complexity index is 560. The van der Waals surface area contributed by atoms with E-state index in [1.807, 2.05) is 6.07 Å². The molecule has 0 amide bonds. The number of hydrogen-bond acceptors (Lipinski definition) is 4. The monoisotopic (exact) mass is 271 g/mol. The number of aromatic nitrogens is 2. The molecule has 2 N–H and O–H groups in total. The summed E-state index contributed by atoms with van der Waals surface area (Å²) in [5, 5.41) is 4.20. The summed E-state index contributed by atoms with van der Waals surface area (Å²) in [6.07, 6.45) is 4.93. The number of hydrogen-bond donors (Lipinski definition) is 1. The lowest BCUT2D eigenvalue weighted by Crippen LogP contribution is -2.22. The van der Waals surface area contributed by atoms with Gasteiger partial charge in [-0.3, -0.25) is 0 Å². The third kappa shape index (κ3) is 2.48. The zero-order valence-electron chi connectivity index (χ0n) is 11.9. The third-order valence-electron chi connectivity index (χ3n) is 4.07. The quantitative estimate of drug-likeness (QED) is 0.877. The molecule has 0 spiro atoms. The van der Waals surface area contributed by atoms with Crippen LogP contribution in [0.4, 0.5) is 0 Å². The minimum atomic E-state index is -0.0160. The van der Waals surface area contributed by atoms with Crippen molar-refractivity contribution in [1.29, 1.82) is 0 Å². The summed E-state index contributed by atoms with van der Waals surface area (Å²) in [4.78, 5) is 4.59. The van der Waals surface area contributed by atoms with Gasteiger partial charge in [-0.2, -0.15) is 4.98 Å². The highest BCUT2D eigenvalue weighted by Crippen LogP contribution is 2.52. The van der Waals surface area contributed by atoms with Crippen LogP contribution >= 0.6 is 0 Å². The summed E-state index contributed by atoms with van der Waals surface area (Å²) >= 11 is 0. The van der Waals surface area contributed by atoms with Gasteiger partial charge < -0.3 is 10.3 Å². The zero-order chi connectivity index (χ0) is 14.0. The van der Waals surface area contributed by atoms with Gasteiger partial charge in [0.15, 0.2) is 5.82 Å². The second-order valence-corrected chi connectivity index (χ2v) is 5.71. The Hall–Kier alpha value is -1.68. The fourth-order valence-electron chi connectivity index (χ4n) is 2.75. The molecule has 106 valence electrons. The van der Waals surface area contributed by atoms with Crippen LogP contribution in [0.15, 0.2) is 34.9 Å². The SMILES string of the molecule is CCCC(N)Cc1nc(C2(c3ccccc3)CC2)no1. The van der Waals surface area contributed by atoms with Gasteiger partial charge in [0.05, 0.1) is 5.41 Å². The normalized spacial score (nSPS) is 17.9. The van der Waals surface area contributed by atoms with Gasteiger partial charge in [0.1, 0.15) is 0 Å². The summed E-state index contributed by atoms with van der Waals surface area (Å²) < 4.78 is 5.39.